The third-order valence-corrected chi connectivity index (χ3v) is 4.22. The van der Waals surface area contributed by atoms with Crippen molar-refractivity contribution in [1.82, 2.24) is 15.1 Å². The van der Waals surface area contributed by atoms with Crippen molar-refractivity contribution in [2.24, 2.45) is 5.92 Å². The summed E-state index contributed by atoms with van der Waals surface area (Å²) in [4.78, 5) is 27.6. The molecule has 8 heteroatoms. The van der Waals surface area contributed by atoms with Gasteiger partial charge in [-0.25, -0.2) is 8.78 Å². The molecule has 0 spiro atoms. The van der Waals surface area contributed by atoms with Crippen molar-refractivity contribution >= 4 is 17.5 Å². The summed E-state index contributed by atoms with van der Waals surface area (Å²) < 4.78 is 26.4. The van der Waals surface area contributed by atoms with Crippen LogP contribution in [0.15, 0.2) is 24.3 Å². The molecule has 1 unspecified atom stereocenters. The molecular weight excluding hydrogens is 330 g/mol. The highest BCUT2D eigenvalue weighted by molar-refractivity contribution is 6.00. The Labute approximate surface area is 143 Å². The molecule has 1 aromatic heterocycles. The quantitative estimate of drug-likeness (QED) is 0.919. The molecular formula is C17H18F2N4O2. The molecule has 6 nitrogen and oxygen atoms in total. The molecule has 0 aliphatic carbocycles. The summed E-state index contributed by atoms with van der Waals surface area (Å²) in [7, 11) is 1.65. The lowest BCUT2D eigenvalue weighted by Crippen LogP contribution is -2.34. The first-order valence-corrected chi connectivity index (χ1v) is 7.86. The summed E-state index contributed by atoms with van der Waals surface area (Å²) >= 11 is 0. The van der Waals surface area contributed by atoms with Crippen LogP contribution >= 0.6 is 0 Å². The SMILES string of the molecule is Cc1cc(CN(C)C(=O)C2CC(=O)N(c3ccc(F)c(F)c3)C2)n[nH]1. The molecule has 1 aromatic carbocycles. The topological polar surface area (TPSA) is 69.3 Å². The van der Waals surface area contributed by atoms with Crippen LogP contribution in [-0.2, 0) is 16.1 Å². The minimum atomic E-state index is -1.02. The van der Waals surface area contributed by atoms with E-state index >= 15 is 0 Å². The Hall–Kier alpha value is -2.77. The lowest BCUT2D eigenvalue weighted by molar-refractivity contribution is -0.135. The molecule has 132 valence electrons. The van der Waals surface area contributed by atoms with Gasteiger partial charge in [0.1, 0.15) is 0 Å². The normalized spacial score (nSPS) is 17.2. The van der Waals surface area contributed by atoms with Crippen molar-refractivity contribution in [3.63, 3.8) is 0 Å². The fourth-order valence-corrected chi connectivity index (χ4v) is 2.96. The van der Waals surface area contributed by atoms with Crippen LogP contribution in [0.5, 0.6) is 0 Å². The number of rotatable bonds is 4. The number of H-pyrrole nitrogens is 1. The molecule has 3 rings (SSSR count). The number of anilines is 1. The van der Waals surface area contributed by atoms with E-state index in [9.17, 15) is 18.4 Å². The molecule has 2 amide bonds. The number of halogens is 2. The van der Waals surface area contributed by atoms with E-state index in [1.54, 1.807) is 7.05 Å². The summed E-state index contributed by atoms with van der Waals surface area (Å²) in [6.07, 6.45) is 0.0434. The molecule has 1 aliphatic heterocycles. The van der Waals surface area contributed by atoms with Crippen molar-refractivity contribution in [3.8, 4) is 0 Å². The van der Waals surface area contributed by atoms with Crippen LogP contribution in [0.4, 0.5) is 14.5 Å². The van der Waals surface area contributed by atoms with Gasteiger partial charge in [0.05, 0.1) is 18.2 Å². The van der Waals surface area contributed by atoms with Crippen LogP contribution in [0.1, 0.15) is 17.8 Å². The highest BCUT2D eigenvalue weighted by Crippen LogP contribution is 2.27. The lowest BCUT2D eigenvalue weighted by atomic mass is 10.1. The van der Waals surface area contributed by atoms with E-state index < -0.39 is 17.6 Å². The van der Waals surface area contributed by atoms with E-state index in [2.05, 4.69) is 10.2 Å². The van der Waals surface area contributed by atoms with E-state index in [4.69, 9.17) is 0 Å². The highest BCUT2D eigenvalue weighted by atomic mass is 19.2. The van der Waals surface area contributed by atoms with E-state index in [0.717, 1.165) is 23.5 Å². The van der Waals surface area contributed by atoms with Gasteiger partial charge in [0.15, 0.2) is 11.6 Å². The van der Waals surface area contributed by atoms with E-state index in [-0.39, 0.29) is 30.5 Å². The number of aryl methyl sites for hydroxylation is 1. The van der Waals surface area contributed by atoms with Gasteiger partial charge < -0.3 is 9.80 Å². The largest absolute Gasteiger partial charge is 0.339 e. The number of nitrogens with zero attached hydrogens (tertiary/aromatic N) is 3. The minimum absolute atomic E-state index is 0.0434. The van der Waals surface area contributed by atoms with Gasteiger partial charge in [-0.3, -0.25) is 14.7 Å². The fraction of sp³-hybridized carbons (Fsp3) is 0.353. The number of nitrogens with one attached hydrogen (secondary N) is 1. The van der Waals surface area contributed by atoms with E-state index in [1.807, 2.05) is 13.0 Å². The Kier molecular flexibility index (Phi) is 4.52. The Balaban J connectivity index is 1.68. The molecule has 1 atom stereocenters. The molecule has 1 fully saturated rings. The van der Waals surface area contributed by atoms with Crippen LogP contribution in [0.25, 0.3) is 0 Å². The van der Waals surface area contributed by atoms with Crippen molar-refractivity contribution in [2.75, 3.05) is 18.5 Å². The number of benzene rings is 1. The molecule has 25 heavy (non-hydrogen) atoms. The van der Waals surface area contributed by atoms with Crippen LogP contribution in [0.2, 0.25) is 0 Å². The van der Waals surface area contributed by atoms with Crippen LogP contribution in [0, 0.1) is 24.5 Å². The lowest BCUT2D eigenvalue weighted by Gasteiger charge is -2.21. The van der Waals surface area contributed by atoms with Crippen LogP contribution in [0.3, 0.4) is 0 Å². The van der Waals surface area contributed by atoms with Crippen molar-refractivity contribution in [1.29, 1.82) is 0 Å². The van der Waals surface area contributed by atoms with Crippen LogP contribution < -0.4 is 4.90 Å². The molecule has 1 aliphatic rings. The zero-order valence-corrected chi connectivity index (χ0v) is 13.9. The van der Waals surface area contributed by atoms with Gasteiger partial charge in [0.2, 0.25) is 11.8 Å². The first-order valence-electron chi connectivity index (χ1n) is 7.86. The van der Waals surface area contributed by atoms with Gasteiger partial charge in [-0.05, 0) is 25.1 Å². The molecule has 2 aromatic rings. The first-order chi connectivity index (χ1) is 11.8. The van der Waals surface area contributed by atoms with Gasteiger partial charge in [-0.15, -0.1) is 0 Å². The third kappa shape index (κ3) is 3.52. The summed E-state index contributed by atoms with van der Waals surface area (Å²) in [6, 6.07) is 5.12. The predicted molar refractivity (Wildman–Crippen MR) is 86.6 cm³/mol. The first kappa shape index (κ1) is 17.1. The number of hydrogen-bond donors (Lipinski definition) is 1. The Morgan fingerprint density at radius 2 is 2.12 bits per heavy atom. The molecule has 1 saturated heterocycles. The smallest absolute Gasteiger partial charge is 0.228 e. The standard InChI is InChI=1S/C17H18F2N4O2/c1-10-5-12(21-20-10)9-22(2)17(25)11-6-16(24)23(8-11)13-3-4-14(18)15(19)7-13/h3-5,7,11H,6,8-9H2,1-2H3,(H,20,21). The maximum atomic E-state index is 13.4. The maximum Gasteiger partial charge on any atom is 0.228 e. The van der Waals surface area contributed by atoms with Crippen molar-refractivity contribution < 1.29 is 18.4 Å². The molecule has 0 radical (unpaired) electrons. The number of hydrogen-bond acceptors (Lipinski definition) is 3. The van der Waals surface area contributed by atoms with Crippen molar-refractivity contribution in [2.45, 2.75) is 19.9 Å². The second-order valence-corrected chi connectivity index (χ2v) is 6.24. The third-order valence-electron chi connectivity index (χ3n) is 4.22. The number of aromatic nitrogens is 2. The van der Waals surface area contributed by atoms with Crippen molar-refractivity contribution in [3.05, 3.63) is 47.3 Å². The van der Waals surface area contributed by atoms with E-state index in [0.29, 0.717) is 6.54 Å². The summed E-state index contributed by atoms with van der Waals surface area (Å²) in [6.45, 7) is 2.35. The zero-order valence-electron chi connectivity index (χ0n) is 13.9. The minimum Gasteiger partial charge on any atom is -0.339 e. The maximum absolute atomic E-state index is 13.4. The summed E-state index contributed by atoms with van der Waals surface area (Å²) in [5.41, 5.74) is 1.89. The Morgan fingerprint density at radius 3 is 2.76 bits per heavy atom. The molecule has 1 N–H and O–H groups in total. The summed E-state index contributed by atoms with van der Waals surface area (Å²) in [5, 5.41) is 6.90. The van der Waals surface area contributed by atoms with Gasteiger partial charge in [-0.2, -0.15) is 5.10 Å². The fourth-order valence-electron chi connectivity index (χ4n) is 2.96. The average molecular weight is 348 g/mol. The molecule has 0 bridgehead atoms. The Bertz CT molecular complexity index is 821. The summed E-state index contributed by atoms with van der Waals surface area (Å²) in [5.74, 6) is -2.98. The zero-order chi connectivity index (χ0) is 18.1. The number of aromatic amines is 1. The van der Waals surface area contributed by atoms with Crippen LogP contribution in [-0.4, -0.2) is 40.5 Å². The predicted octanol–water partition coefficient (Wildman–Crippen LogP) is 2.01. The number of amides is 2. The molecule has 2 heterocycles. The highest BCUT2D eigenvalue weighted by Gasteiger charge is 2.36. The monoisotopic (exact) mass is 348 g/mol. The number of carbonyl (C=O) groups excluding carboxylic acids is 2. The Morgan fingerprint density at radius 1 is 1.36 bits per heavy atom. The average Bonchev–Trinajstić information content (AvgIpc) is 3.15. The number of carbonyl (C=O) groups is 2. The van der Waals surface area contributed by atoms with Gasteiger partial charge in [-0.1, -0.05) is 0 Å². The van der Waals surface area contributed by atoms with Gasteiger partial charge in [0, 0.05) is 37.5 Å². The second-order valence-electron chi connectivity index (χ2n) is 6.24. The second kappa shape index (κ2) is 6.62. The van der Waals surface area contributed by atoms with Gasteiger partial charge in [0.25, 0.3) is 0 Å². The molecule has 0 saturated carbocycles. The van der Waals surface area contributed by atoms with Gasteiger partial charge >= 0.3 is 0 Å². The van der Waals surface area contributed by atoms with E-state index in [1.165, 1.54) is 15.9 Å².